The van der Waals surface area contributed by atoms with E-state index in [1.807, 2.05) is 55.5 Å². The Labute approximate surface area is 166 Å². The van der Waals surface area contributed by atoms with Crippen LogP contribution >= 0.6 is 15.9 Å². The Morgan fingerprint density at radius 3 is 2.44 bits per heavy atom. The third-order valence-electron chi connectivity index (χ3n) is 4.12. The van der Waals surface area contributed by atoms with Gasteiger partial charge in [0.15, 0.2) is 0 Å². The van der Waals surface area contributed by atoms with Gasteiger partial charge in [-0.1, -0.05) is 45.8 Å². The van der Waals surface area contributed by atoms with Gasteiger partial charge in [-0.2, -0.15) is 5.10 Å². The van der Waals surface area contributed by atoms with E-state index in [0.717, 1.165) is 21.4 Å². The highest BCUT2D eigenvalue weighted by Gasteiger charge is 2.06. The number of hydrogen-bond acceptors (Lipinski definition) is 3. The number of amides is 1. The number of halogens is 1. The molecular weight excluding hydrogens is 406 g/mol. The van der Waals surface area contributed by atoms with Crippen molar-refractivity contribution in [2.75, 3.05) is 5.32 Å². The van der Waals surface area contributed by atoms with Crippen LogP contribution in [-0.4, -0.2) is 15.7 Å². The van der Waals surface area contributed by atoms with Crippen molar-refractivity contribution in [3.05, 3.63) is 81.1 Å². The van der Waals surface area contributed by atoms with Crippen LogP contribution in [0.2, 0.25) is 0 Å². The van der Waals surface area contributed by atoms with E-state index in [0.29, 0.717) is 19.4 Å². The summed E-state index contributed by atoms with van der Waals surface area (Å²) in [6.07, 6.45) is 0.853. The second-order valence-electron chi connectivity index (χ2n) is 6.30. The lowest BCUT2D eigenvalue weighted by Gasteiger charge is -2.08. The first kappa shape index (κ1) is 19.0. The van der Waals surface area contributed by atoms with Crippen LogP contribution in [0.15, 0.2) is 69.9 Å². The number of aromatic nitrogens is 2. The van der Waals surface area contributed by atoms with Crippen molar-refractivity contribution >= 4 is 27.5 Å². The molecule has 0 saturated carbocycles. The maximum Gasteiger partial charge on any atom is 0.266 e. The van der Waals surface area contributed by atoms with Crippen molar-refractivity contribution in [3.63, 3.8) is 0 Å². The van der Waals surface area contributed by atoms with E-state index in [2.05, 4.69) is 26.3 Å². The van der Waals surface area contributed by atoms with Crippen molar-refractivity contribution in [2.24, 2.45) is 0 Å². The molecule has 1 N–H and O–H groups in total. The smallest absolute Gasteiger partial charge is 0.266 e. The third kappa shape index (κ3) is 5.37. The largest absolute Gasteiger partial charge is 0.326 e. The van der Waals surface area contributed by atoms with Gasteiger partial charge in [0.2, 0.25) is 5.91 Å². The SMILES string of the molecule is Cc1ccc(-c2ccc(=O)n(CCCC(=O)Nc3ccc(Br)cc3)n2)cc1. The summed E-state index contributed by atoms with van der Waals surface area (Å²) in [6.45, 7) is 2.42. The van der Waals surface area contributed by atoms with Gasteiger partial charge >= 0.3 is 0 Å². The number of nitrogens with one attached hydrogen (secondary N) is 1. The molecule has 1 heterocycles. The summed E-state index contributed by atoms with van der Waals surface area (Å²) in [5.41, 5.74) is 3.46. The number of benzene rings is 2. The van der Waals surface area contributed by atoms with Gasteiger partial charge in [-0.05, 0) is 43.7 Å². The molecule has 0 aliphatic rings. The van der Waals surface area contributed by atoms with Crippen LogP contribution in [0.25, 0.3) is 11.3 Å². The quantitative estimate of drug-likeness (QED) is 0.636. The first-order valence-corrected chi connectivity index (χ1v) is 9.51. The predicted octanol–water partition coefficient (Wildman–Crippen LogP) is 4.40. The topological polar surface area (TPSA) is 64.0 Å². The molecule has 27 heavy (non-hydrogen) atoms. The van der Waals surface area contributed by atoms with Crippen LogP contribution < -0.4 is 10.9 Å². The van der Waals surface area contributed by atoms with Crippen molar-refractivity contribution < 1.29 is 4.79 Å². The van der Waals surface area contributed by atoms with Gasteiger partial charge in [0.05, 0.1) is 5.69 Å². The number of anilines is 1. The fraction of sp³-hybridized carbons (Fsp3) is 0.190. The molecule has 0 aliphatic carbocycles. The van der Waals surface area contributed by atoms with Crippen LogP contribution in [-0.2, 0) is 11.3 Å². The Kier molecular flexibility index (Phi) is 6.19. The average molecular weight is 426 g/mol. The van der Waals surface area contributed by atoms with Gasteiger partial charge in [-0.3, -0.25) is 9.59 Å². The Hall–Kier alpha value is -2.73. The van der Waals surface area contributed by atoms with Gasteiger partial charge < -0.3 is 5.32 Å². The van der Waals surface area contributed by atoms with Crippen LogP contribution in [0.3, 0.4) is 0 Å². The minimum Gasteiger partial charge on any atom is -0.326 e. The van der Waals surface area contributed by atoms with Crippen molar-refractivity contribution in [3.8, 4) is 11.3 Å². The maximum absolute atomic E-state index is 12.1. The molecular formula is C21H20BrN3O2. The minimum absolute atomic E-state index is 0.0833. The lowest BCUT2D eigenvalue weighted by molar-refractivity contribution is -0.116. The molecule has 2 aromatic carbocycles. The fourth-order valence-electron chi connectivity index (χ4n) is 2.63. The summed E-state index contributed by atoms with van der Waals surface area (Å²) in [5, 5.41) is 7.27. The predicted molar refractivity (Wildman–Crippen MR) is 111 cm³/mol. The number of rotatable bonds is 6. The van der Waals surface area contributed by atoms with E-state index in [-0.39, 0.29) is 11.5 Å². The maximum atomic E-state index is 12.1. The standard InChI is InChI=1S/C21H20BrN3O2/c1-15-4-6-16(7-5-15)19-12-13-21(27)25(24-19)14-2-3-20(26)23-18-10-8-17(22)9-11-18/h4-13H,2-3,14H2,1H3,(H,23,26). The molecule has 0 saturated heterocycles. The fourth-order valence-corrected chi connectivity index (χ4v) is 2.90. The summed E-state index contributed by atoms with van der Waals surface area (Å²) in [7, 11) is 0. The molecule has 0 atom stereocenters. The molecule has 5 nitrogen and oxygen atoms in total. The molecule has 0 spiro atoms. The number of carbonyl (C=O) groups excluding carboxylic acids is 1. The Balaban J connectivity index is 1.59. The van der Waals surface area contributed by atoms with Crippen molar-refractivity contribution in [2.45, 2.75) is 26.3 Å². The highest BCUT2D eigenvalue weighted by Crippen LogP contribution is 2.16. The molecule has 0 fully saturated rings. The highest BCUT2D eigenvalue weighted by atomic mass is 79.9. The summed E-state index contributed by atoms with van der Waals surface area (Å²) in [4.78, 5) is 24.1. The minimum atomic E-state index is -0.167. The zero-order valence-electron chi connectivity index (χ0n) is 15.0. The van der Waals surface area contributed by atoms with Gasteiger partial charge in [-0.15, -0.1) is 0 Å². The number of hydrogen-bond donors (Lipinski definition) is 1. The summed E-state index contributed by atoms with van der Waals surface area (Å²) in [5.74, 6) is -0.0833. The molecule has 138 valence electrons. The normalized spacial score (nSPS) is 10.6. The van der Waals surface area contributed by atoms with Crippen molar-refractivity contribution in [1.29, 1.82) is 0 Å². The number of nitrogens with zero attached hydrogens (tertiary/aromatic N) is 2. The van der Waals surface area contributed by atoms with Crippen LogP contribution in [0.5, 0.6) is 0 Å². The van der Waals surface area contributed by atoms with Gasteiger partial charge in [0, 0.05) is 34.8 Å². The second-order valence-corrected chi connectivity index (χ2v) is 7.22. The lowest BCUT2D eigenvalue weighted by Crippen LogP contribution is -2.23. The highest BCUT2D eigenvalue weighted by molar-refractivity contribution is 9.10. The molecule has 0 bridgehead atoms. The summed E-state index contributed by atoms with van der Waals surface area (Å²) < 4.78 is 2.38. The number of aryl methyl sites for hydroxylation is 2. The molecule has 1 aromatic heterocycles. The van der Waals surface area contributed by atoms with Crippen molar-refractivity contribution in [1.82, 2.24) is 9.78 Å². The van der Waals surface area contributed by atoms with E-state index in [9.17, 15) is 9.59 Å². The van der Waals surface area contributed by atoms with E-state index in [4.69, 9.17) is 0 Å². The van der Waals surface area contributed by atoms with E-state index in [1.54, 1.807) is 6.07 Å². The van der Waals surface area contributed by atoms with Crippen LogP contribution in [0.4, 0.5) is 5.69 Å². The lowest BCUT2D eigenvalue weighted by atomic mass is 10.1. The van der Waals surface area contributed by atoms with E-state index < -0.39 is 0 Å². The molecule has 0 radical (unpaired) electrons. The van der Waals surface area contributed by atoms with Gasteiger partial charge in [-0.25, -0.2) is 4.68 Å². The van der Waals surface area contributed by atoms with Crippen LogP contribution in [0, 0.1) is 6.92 Å². The van der Waals surface area contributed by atoms with Gasteiger partial charge in [0.1, 0.15) is 0 Å². The Morgan fingerprint density at radius 1 is 1.04 bits per heavy atom. The molecule has 1 amide bonds. The molecule has 0 unspecified atom stereocenters. The zero-order valence-corrected chi connectivity index (χ0v) is 16.6. The third-order valence-corrected chi connectivity index (χ3v) is 4.64. The van der Waals surface area contributed by atoms with Crippen LogP contribution in [0.1, 0.15) is 18.4 Å². The molecule has 3 rings (SSSR count). The van der Waals surface area contributed by atoms with E-state index in [1.165, 1.54) is 16.3 Å². The number of carbonyl (C=O) groups is 1. The Morgan fingerprint density at radius 2 is 1.74 bits per heavy atom. The second kappa shape index (κ2) is 8.77. The zero-order chi connectivity index (χ0) is 19.2. The van der Waals surface area contributed by atoms with Gasteiger partial charge in [0.25, 0.3) is 5.56 Å². The molecule has 3 aromatic rings. The summed E-state index contributed by atoms with van der Waals surface area (Å²) >= 11 is 3.36. The Bertz CT molecular complexity index is 980. The average Bonchev–Trinajstić information content (AvgIpc) is 2.66. The first-order chi connectivity index (χ1) is 13.0. The monoisotopic (exact) mass is 425 g/mol. The molecule has 6 heteroatoms. The summed E-state index contributed by atoms with van der Waals surface area (Å²) in [6, 6.07) is 18.6. The van der Waals surface area contributed by atoms with E-state index >= 15 is 0 Å². The molecule has 0 aliphatic heterocycles. The first-order valence-electron chi connectivity index (χ1n) is 8.72.